The lowest BCUT2D eigenvalue weighted by Crippen LogP contribution is -2.44. The highest BCUT2D eigenvalue weighted by Gasteiger charge is 2.35. The first-order chi connectivity index (χ1) is 11.9. The molecule has 0 saturated carbocycles. The first-order valence-electron chi connectivity index (χ1n) is 6.98. The Balaban J connectivity index is 1.83. The van der Waals surface area contributed by atoms with Gasteiger partial charge >= 0.3 is 0 Å². The molecule has 1 heterocycles. The molecule has 128 valence electrons. The van der Waals surface area contributed by atoms with E-state index in [1.54, 1.807) is 18.2 Å². The average Bonchev–Trinajstić information content (AvgIpc) is 2.85. The summed E-state index contributed by atoms with van der Waals surface area (Å²) < 4.78 is 37.7. The van der Waals surface area contributed by atoms with E-state index in [2.05, 4.69) is 4.83 Å². The number of carbonyl (C=O) groups excluding carboxylic acids is 1. The molecule has 3 rings (SSSR count). The molecule has 2 aromatic carbocycles. The minimum absolute atomic E-state index is 0.0200. The van der Waals surface area contributed by atoms with Crippen molar-refractivity contribution in [3.63, 3.8) is 0 Å². The molecule has 0 unspecified atom stereocenters. The number of nitrogens with zero attached hydrogens (tertiary/aromatic N) is 1. The van der Waals surface area contributed by atoms with E-state index < -0.39 is 15.9 Å². The normalized spacial score (nSPS) is 16.7. The highest BCUT2D eigenvalue weighted by Crippen LogP contribution is 2.32. The van der Waals surface area contributed by atoms with Crippen LogP contribution in [0.15, 0.2) is 64.4 Å². The lowest BCUT2D eigenvalue weighted by Gasteiger charge is -2.15. The van der Waals surface area contributed by atoms with E-state index in [9.17, 15) is 17.6 Å². The van der Waals surface area contributed by atoms with E-state index in [1.165, 1.54) is 42.5 Å². The number of nitrogens with one attached hydrogen (secondary N) is 1. The highest BCUT2D eigenvalue weighted by molar-refractivity contribution is 8.26. The zero-order chi connectivity index (χ0) is 18.0. The van der Waals surface area contributed by atoms with Crippen molar-refractivity contribution in [2.75, 3.05) is 0 Å². The van der Waals surface area contributed by atoms with Crippen molar-refractivity contribution in [2.24, 2.45) is 0 Å². The predicted octanol–water partition coefficient (Wildman–Crippen LogP) is 2.92. The van der Waals surface area contributed by atoms with Crippen molar-refractivity contribution in [3.8, 4) is 0 Å². The number of thioether (sulfide) groups is 1. The zero-order valence-electron chi connectivity index (χ0n) is 12.5. The number of sulfonamides is 1. The maximum atomic E-state index is 12.9. The van der Waals surface area contributed by atoms with Gasteiger partial charge in [-0.15, -0.1) is 4.83 Å². The fourth-order valence-electron chi connectivity index (χ4n) is 2.03. The molecule has 0 spiro atoms. The van der Waals surface area contributed by atoms with Crippen LogP contribution in [0.3, 0.4) is 0 Å². The number of amides is 1. The second-order valence-electron chi connectivity index (χ2n) is 4.98. The van der Waals surface area contributed by atoms with Crippen molar-refractivity contribution in [3.05, 3.63) is 70.9 Å². The molecule has 1 saturated heterocycles. The van der Waals surface area contributed by atoms with Gasteiger partial charge in [-0.25, -0.2) is 17.8 Å². The number of hydrogen-bond acceptors (Lipinski definition) is 5. The summed E-state index contributed by atoms with van der Waals surface area (Å²) in [6.45, 7) is 0. The van der Waals surface area contributed by atoms with Crippen molar-refractivity contribution in [2.45, 2.75) is 4.90 Å². The summed E-state index contributed by atoms with van der Waals surface area (Å²) in [6.07, 6.45) is 1.52. The number of halogens is 1. The van der Waals surface area contributed by atoms with Gasteiger partial charge in [0.2, 0.25) is 0 Å². The minimum atomic E-state index is -3.93. The molecule has 2 aromatic rings. The maximum Gasteiger partial charge on any atom is 0.281 e. The summed E-state index contributed by atoms with van der Waals surface area (Å²) in [6, 6.07) is 13.2. The SMILES string of the molecule is O=C1C(=Cc2ccc(F)cc2)SC(=S)N1NS(=O)(=O)c1ccccc1. The van der Waals surface area contributed by atoms with Crippen LogP contribution in [0.4, 0.5) is 4.39 Å². The molecule has 9 heteroatoms. The van der Waals surface area contributed by atoms with Crippen LogP contribution in [0.2, 0.25) is 0 Å². The molecule has 0 aromatic heterocycles. The van der Waals surface area contributed by atoms with Gasteiger partial charge in [0, 0.05) is 0 Å². The minimum Gasteiger partial charge on any atom is -0.267 e. The molecule has 0 aliphatic carbocycles. The molecule has 1 aliphatic heterocycles. The molecule has 0 bridgehead atoms. The number of hydrogen-bond donors (Lipinski definition) is 1. The third-order valence-corrected chi connectivity index (χ3v) is 5.84. The second-order valence-corrected chi connectivity index (χ2v) is 8.31. The Morgan fingerprint density at radius 1 is 1.08 bits per heavy atom. The van der Waals surface area contributed by atoms with Crippen molar-refractivity contribution in [1.29, 1.82) is 0 Å². The summed E-state index contributed by atoms with van der Waals surface area (Å²) >= 11 is 6.05. The van der Waals surface area contributed by atoms with E-state index >= 15 is 0 Å². The number of rotatable bonds is 4. The third kappa shape index (κ3) is 3.96. The van der Waals surface area contributed by atoms with E-state index in [-0.39, 0.29) is 19.9 Å². The zero-order valence-corrected chi connectivity index (χ0v) is 15.0. The van der Waals surface area contributed by atoms with Gasteiger partial charge in [-0.3, -0.25) is 4.79 Å². The van der Waals surface area contributed by atoms with Crippen LogP contribution in [-0.2, 0) is 14.8 Å². The Morgan fingerprint density at radius 3 is 2.36 bits per heavy atom. The molecule has 1 amide bonds. The topological polar surface area (TPSA) is 66.5 Å². The highest BCUT2D eigenvalue weighted by atomic mass is 32.2. The number of benzene rings is 2. The standard InChI is InChI=1S/C16H11FN2O3S3/c17-12-8-6-11(7-9-12)10-14-15(20)19(16(23)24-14)18-25(21,22)13-4-2-1-3-5-13/h1-10,18H. The first kappa shape index (κ1) is 17.7. The van der Waals surface area contributed by atoms with Crippen LogP contribution in [0.25, 0.3) is 6.08 Å². The van der Waals surface area contributed by atoms with E-state index in [0.717, 1.165) is 16.8 Å². The largest absolute Gasteiger partial charge is 0.281 e. The number of thiocarbonyl (C=S) groups is 1. The summed E-state index contributed by atoms with van der Waals surface area (Å²) in [7, 11) is -3.93. The van der Waals surface area contributed by atoms with Gasteiger partial charge in [0.05, 0.1) is 9.80 Å². The molecule has 1 N–H and O–H groups in total. The monoisotopic (exact) mass is 394 g/mol. The maximum absolute atomic E-state index is 12.9. The fraction of sp³-hybridized carbons (Fsp3) is 0. The number of hydrazine groups is 1. The molecule has 1 aliphatic rings. The molecule has 25 heavy (non-hydrogen) atoms. The molecule has 0 radical (unpaired) electrons. The number of carbonyl (C=O) groups is 1. The molecular weight excluding hydrogens is 383 g/mol. The smallest absolute Gasteiger partial charge is 0.267 e. The quantitative estimate of drug-likeness (QED) is 0.638. The summed E-state index contributed by atoms with van der Waals surface area (Å²) in [5, 5.41) is 0.817. The van der Waals surface area contributed by atoms with Crippen LogP contribution in [0, 0.1) is 5.82 Å². The molecule has 5 nitrogen and oxygen atoms in total. The lowest BCUT2D eigenvalue weighted by molar-refractivity contribution is -0.123. The lowest BCUT2D eigenvalue weighted by atomic mass is 10.2. The van der Waals surface area contributed by atoms with Crippen LogP contribution >= 0.6 is 24.0 Å². The second kappa shape index (κ2) is 7.04. The molecular formula is C16H11FN2O3S3. The summed E-state index contributed by atoms with van der Waals surface area (Å²) in [5.41, 5.74) is 0.604. The Morgan fingerprint density at radius 2 is 1.72 bits per heavy atom. The van der Waals surface area contributed by atoms with Crippen molar-refractivity contribution in [1.82, 2.24) is 9.84 Å². The Bertz CT molecular complexity index is 958. The van der Waals surface area contributed by atoms with Gasteiger partial charge in [0.1, 0.15) is 5.82 Å². The van der Waals surface area contributed by atoms with Crippen LogP contribution in [0.1, 0.15) is 5.56 Å². The van der Waals surface area contributed by atoms with Crippen molar-refractivity contribution >= 4 is 50.3 Å². The van der Waals surface area contributed by atoms with Gasteiger partial charge in [0.15, 0.2) is 4.32 Å². The predicted molar refractivity (Wildman–Crippen MR) is 98.2 cm³/mol. The van der Waals surface area contributed by atoms with Crippen molar-refractivity contribution < 1.29 is 17.6 Å². The van der Waals surface area contributed by atoms with Gasteiger partial charge in [-0.05, 0) is 35.9 Å². The fourth-order valence-corrected chi connectivity index (χ4v) is 4.36. The third-order valence-electron chi connectivity index (χ3n) is 3.23. The Labute approximate surface area is 153 Å². The Kier molecular flexibility index (Phi) is 5.00. The van der Waals surface area contributed by atoms with Crippen LogP contribution in [0.5, 0.6) is 0 Å². The van der Waals surface area contributed by atoms with Gasteiger partial charge < -0.3 is 0 Å². The van der Waals surface area contributed by atoms with Gasteiger partial charge in [-0.1, -0.05) is 54.3 Å². The van der Waals surface area contributed by atoms with E-state index in [1.807, 2.05) is 0 Å². The first-order valence-corrected chi connectivity index (χ1v) is 9.69. The van der Waals surface area contributed by atoms with Gasteiger partial charge in [0.25, 0.3) is 15.9 Å². The van der Waals surface area contributed by atoms with E-state index in [0.29, 0.717) is 5.56 Å². The van der Waals surface area contributed by atoms with Crippen LogP contribution < -0.4 is 4.83 Å². The summed E-state index contributed by atoms with van der Waals surface area (Å²) in [4.78, 5) is 14.9. The van der Waals surface area contributed by atoms with E-state index in [4.69, 9.17) is 12.2 Å². The Hall–Kier alpha value is -2.07. The van der Waals surface area contributed by atoms with Crippen LogP contribution in [-0.4, -0.2) is 23.7 Å². The van der Waals surface area contributed by atoms with Gasteiger partial charge in [-0.2, -0.15) is 0 Å². The average molecular weight is 394 g/mol. The molecule has 0 atom stereocenters. The molecule has 1 fully saturated rings. The summed E-state index contributed by atoms with van der Waals surface area (Å²) in [5.74, 6) is -0.973.